The highest BCUT2D eigenvalue weighted by Gasteiger charge is 2.46. The summed E-state index contributed by atoms with van der Waals surface area (Å²) in [5.74, 6) is 0.230. The van der Waals surface area contributed by atoms with Crippen molar-refractivity contribution in [2.24, 2.45) is 5.41 Å². The van der Waals surface area contributed by atoms with Gasteiger partial charge in [0.15, 0.2) is 0 Å². The van der Waals surface area contributed by atoms with E-state index in [2.05, 4.69) is 57.8 Å². The van der Waals surface area contributed by atoms with Gasteiger partial charge in [-0.25, -0.2) is 0 Å². The van der Waals surface area contributed by atoms with Crippen LogP contribution in [0.2, 0.25) is 0 Å². The first-order valence-electron chi connectivity index (χ1n) is 11.1. The molecule has 0 radical (unpaired) electrons. The zero-order valence-corrected chi connectivity index (χ0v) is 19.1. The number of aromatic nitrogens is 2. The van der Waals surface area contributed by atoms with Gasteiger partial charge in [0.05, 0.1) is 19.3 Å². The number of ether oxygens (including phenoxy) is 1. The zero-order valence-electron chi connectivity index (χ0n) is 18.3. The van der Waals surface area contributed by atoms with Gasteiger partial charge in [-0.3, -0.25) is 9.69 Å². The average molecular weight is 449 g/mol. The Labute approximate surface area is 193 Å². The topological polar surface area (TPSA) is 58.6 Å². The van der Waals surface area contributed by atoms with Crippen molar-refractivity contribution in [3.8, 4) is 11.3 Å². The molecule has 2 aromatic carbocycles. The number of hydrogen-bond acceptors (Lipinski definition) is 6. The summed E-state index contributed by atoms with van der Waals surface area (Å²) in [6, 6.07) is 18.9. The van der Waals surface area contributed by atoms with Gasteiger partial charge >= 0.3 is 0 Å². The summed E-state index contributed by atoms with van der Waals surface area (Å²) in [5, 5.41) is 6.11. The second kappa shape index (κ2) is 9.10. The van der Waals surface area contributed by atoms with E-state index in [0.29, 0.717) is 19.6 Å². The Bertz CT molecular complexity index is 1040. The third-order valence-electron chi connectivity index (χ3n) is 6.64. The van der Waals surface area contributed by atoms with Crippen molar-refractivity contribution in [2.45, 2.75) is 25.9 Å². The van der Waals surface area contributed by atoms with Crippen molar-refractivity contribution in [2.75, 3.05) is 32.8 Å². The van der Waals surface area contributed by atoms with Crippen LogP contribution >= 0.6 is 11.5 Å². The maximum atomic E-state index is 13.0. The summed E-state index contributed by atoms with van der Waals surface area (Å²) < 4.78 is 9.96. The Hall–Kier alpha value is -2.61. The van der Waals surface area contributed by atoms with Crippen LogP contribution in [0.4, 0.5) is 0 Å². The van der Waals surface area contributed by atoms with Crippen LogP contribution in [0, 0.1) is 5.41 Å². The molecular formula is C25H28N4O2S. The second-order valence-corrected chi connectivity index (χ2v) is 9.65. The molecule has 0 unspecified atom stereocenters. The van der Waals surface area contributed by atoms with Crippen LogP contribution in [0.1, 0.15) is 30.5 Å². The van der Waals surface area contributed by atoms with Crippen LogP contribution in [-0.4, -0.2) is 58.1 Å². The summed E-state index contributed by atoms with van der Waals surface area (Å²) in [6.07, 6.45) is 0.552. The molecule has 2 aliphatic rings. The first kappa shape index (κ1) is 21.2. The summed E-state index contributed by atoms with van der Waals surface area (Å²) in [6.45, 7) is 6.81. The van der Waals surface area contributed by atoms with Gasteiger partial charge in [0.1, 0.15) is 5.69 Å². The lowest BCUT2D eigenvalue weighted by Crippen LogP contribution is -2.40. The molecule has 2 atom stereocenters. The van der Waals surface area contributed by atoms with E-state index in [4.69, 9.17) is 4.74 Å². The van der Waals surface area contributed by atoms with E-state index < -0.39 is 0 Å². The fourth-order valence-corrected chi connectivity index (χ4v) is 5.41. The van der Waals surface area contributed by atoms with Gasteiger partial charge in [-0.05, 0) is 29.6 Å². The van der Waals surface area contributed by atoms with E-state index in [1.807, 2.05) is 28.5 Å². The molecule has 1 amide bonds. The predicted octanol–water partition coefficient (Wildman–Crippen LogP) is 4.02. The van der Waals surface area contributed by atoms with Crippen LogP contribution in [0.15, 0.2) is 60.0 Å². The highest BCUT2D eigenvalue weighted by molar-refractivity contribution is 7.03. The molecule has 0 bridgehead atoms. The second-order valence-electron chi connectivity index (χ2n) is 9.04. The van der Waals surface area contributed by atoms with Gasteiger partial charge in [-0.1, -0.05) is 59.1 Å². The van der Waals surface area contributed by atoms with Crippen molar-refractivity contribution >= 4 is 17.4 Å². The first-order valence-corrected chi connectivity index (χ1v) is 12.0. The Balaban J connectivity index is 1.28. The van der Waals surface area contributed by atoms with Crippen molar-refractivity contribution in [3.63, 3.8) is 0 Å². The van der Waals surface area contributed by atoms with Crippen LogP contribution < -0.4 is 0 Å². The first-order chi connectivity index (χ1) is 15.6. The predicted molar refractivity (Wildman–Crippen MR) is 125 cm³/mol. The number of hydrogen-bond donors (Lipinski definition) is 0. The average Bonchev–Trinajstić information content (AvgIpc) is 3.41. The molecule has 1 spiro atoms. The molecule has 7 heteroatoms. The van der Waals surface area contributed by atoms with Crippen molar-refractivity contribution in [1.82, 2.24) is 19.4 Å². The summed E-state index contributed by atoms with van der Waals surface area (Å²) in [5.41, 5.74) is 4.29. The SMILES string of the molecule is C[C@H](c1ccccc1)N1C[C@]2(COCCN(Cc3ccc(-c4csnn4)cc3)C2)CC1=O. The molecule has 3 heterocycles. The third kappa shape index (κ3) is 4.46. The smallest absolute Gasteiger partial charge is 0.223 e. The highest BCUT2D eigenvalue weighted by atomic mass is 32.1. The minimum atomic E-state index is -0.150. The van der Waals surface area contributed by atoms with Crippen LogP contribution in [0.5, 0.6) is 0 Å². The molecule has 0 N–H and O–H groups in total. The molecule has 32 heavy (non-hydrogen) atoms. The lowest BCUT2D eigenvalue weighted by atomic mass is 9.87. The van der Waals surface area contributed by atoms with E-state index in [9.17, 15) is 4.79 Å². The number of carbonyl (C=O) groups excluding carboxylic acids is 1. The largest absolute Gasteiger partial charge is 0.379 e. The molecule has 166 valence electrons. The minimum Gasteiger partial charge on any atom is -0.379 e. The van der Waals surface area contributed by atoms with Gasteiger partial charge in [0.25, 0.3) is 0 Å². The van der Waals surface area contributed by atoms with Crippen LogP contribution in [0.25, 0.3) is 11.3 Å². The monoisotopic (exact) mass is 448 g/mol. The van der Waals surface area contributed by atoms with E-state index >= 15 is 0 Å². The number of amides is 1. The third-order valence-corrected chi connectivity index (χ3v) is 7.14. The molecule has 2 fully saturated rings. The van der Waals surface area contributed by atoms with Crippen molar-refractivity contribution < 1.29 is 9.53 Å². The molecule has 6 nitrogen and oxygen atoms in total. The van der Waals surface area contributed by atoms with Gasteiger partial charge in [0.2, 0.25) is 5.91 Å². The number of carbonyl (C=O) groups is 1. The lowest BCUT2D eigenvalue weighted by molar-refractivity contribution is -0.129. The Kier molecular flexibility index (Phi) is 6.04. The number of nitrogens with zero attached hydrogens (tertiary/aromatic N) is 4. The summed E-state index contributed by atoms with van der Waals surface area (Å²) in [4.78, 5) is 17.5. The van der Waals surface area contributed by atoms with Gasteiger partial charge in [-0.2, -0.15) is 0 Å². The van der Waals surface area contributed by atoms with E-state index in [-0.39, 0.29) is 17.4 Å². The van der Waals surface area contributed by atoms with Gasteiger partial charge in [-0.15, -0.1) is 5.10 Å². The summed E-state index contributed by atoms with van der Waals surface area (Å²) in [7, 11) is 0. The van der Waals surface area contributed by atoms with Crippen molar-refractivity contribution in [1.29, 1.82) is 0 Å². The van der Waals surface area contributed by atoms with Gasteiger partial charge < -0.3 is 9.64 Å². The van der Waals surface area contributed by atoms with Crippen LogP contribution in [-0.2, 0) is 16.1 Å². The van der Waals surface area contributed by atoms with E-state index in [1.54, 1.807) is 0 Å². The highest BCUT2D eigenvalue weighted by Crippen LogP contribution is 2.38. The molecule has 3 aromatic rings. The molecule has 5 rings (SSSR count). The molecule has 1 aromatic heterocycles. The van der Waals surface area contributed by atoms with Gasteiger partial charge in [0, 0.05) is 49.0 Å². The molecule has 0 aliphatic carbocycles. The molecular weight excluding hydrogens is 420 g/mol. The fourth-order valence-electron chi connectivity index (χ4n) is 4.94. The van der Waals surface area contributed by atoms with E-state index in [1.165, 1.54) is 22.7 Å². The standard InChI is InChI=1S/C25H28N4O2S/c1-19(21-5-3-2-4-6-21)29-17-25(13-24(29)30)16-28(11-12-31-18-25)14-20-7-9-22(10-8-20)23-15-32-27-26-23/h2-10,15,19H,11-14,16-18H2,1H3/t19-,25+/m1/s1. The molecule has 2 saturated heterocycles. The lowest BCUT2D eigenvalue weighted by Gasteiger charge is -2.33. The van der Waals surface area contributed by atoms with E-state index in [0.717, 1.165) is 37.4 Å². The minimum absolute atomic E-state index is 0.0764. The number of rotatable bonds is 5. The zero-order chi connectivity index (χ0) is 22.0. The fraction of sp³-hybridized carbons (Fsp3) is 0.400. The number of likely N-dealkylation sites (tertiary alicyclic amines) is 1. The maximum Gasteiger partial charge on any atom is 0.223 e. The Morgan fingerprint density at radius 3 is 2.69 bits per heavy atom. The quantitative estimate of drug-likeness (QED) is 0.590. The summed E-state index contributed by atoms with van der Waals surface area (Å²) >= 11 is 1.37. The van der Waals surface area contributed by atoms with Crippen molar-refractivity contribution in [3.05, 3.63) is 71.1 Å². The maximum absolute atomic E-state index is 13.0. The number of benzene rings is 2. The molecule has 0 saturated carbocycles. The van der Waals surface area contributed by atoms with Crippen LogP contribution in [0.3, 0.4) is 0 Å². The Morgan fingerprint density at radius 2 is 1.94 bits per heavy atom. The Morgan fingerprint density at radius 1 is 1.12 bits per heavy atom. The molecule has 2 aliphatic heterocycles. The normalized spacial score (nSPS) is 22.9.